The van der Waals surface area contributed by atoms with Gasteiger partial charge in [-0.1, -0.05) is 50.5 Å². The molecule has 100 valence electrons. The molecule has 1 aromatic rings. The van der Waals surface area contributed by atoms with Crippen molar-refractivity contribution in [2.24, 2.45) is 0 Å². The van der Waals surface area contributed by atoms with Crippen LogP contribution >= 0.6 is 0 Å². The van der Waals surface area contributed by atoms with Gasteiger partial charge in [0.05, 0.1) is 11.7 Å². The highest BCUT2D eigenvalue weighted by Gasteiger charge is 1.96. The van der Waals surface area contributed by atoms with Crippen molar-refractivity contribution in [1.82, 2.24) is 0 Å². The van der Waals surface area contributed by atoms with Gasteiger partial charge in [-0.2, -0.15) is 0 Å². The van der Waals surface area contributed by atoms with Crippen molar-refractivity contribution >= 4 is 5.97 Å². The number of unbranched alkanes of at least 4 members (excludes halogenated alkanes) is 2. The highest BCUT2D eigenvalue weighted by Crippen LogP contribution is 2.02. The maximum Gasteiger partial charge on any atom is 0.335 e. The minimum Gasteiger partial charge on any atom is -0.478 e. The maximum atomic E-state index is 10.2. The fraction of sp³-hybridized carbons (Fsp3) is 0.400. The number of rotatable bonds is 6. The second-order valence-corrected chi connectivity index (χ2v) is 3.97. The summed E-state index contributed by atoms with van der Waals surface area (Å²) in [5.41, 5.74) is 0.331. The molecule has 0 saturated heterocycles. The van der Waals surface area contributed by atoms with E-state index in [1.54, 1.807) is 36.4 Å². The van der Waals surface area contributed by atoms with Gasteiger partial charge in [0.15, 0.2) is 0 Å². The smallest absolute Gasteiger partial charge is 0.335 e. The predicted molar refractivity (Wildman–Crippen MR) is 73.7 cm³/mol. The Morgan fingerprint density at radius 2 is 1.94 bits per heavy atom. The van der Waals surface area contributed by atoms with E-state index in [-0.39, 0.29) is 6.10 Å². The average Bonchev–Trinajstić information content (AvgIpc) is 2.40. The standard InChI is InChI=1S/C8H16O.C7H6O2/c1-3-5-6-7-8(9)4-2;8-7(9)6-4-2-1-3-5-6/h4,8-9H,2-3,5-7H2,1H3;1-5H,(H,8,9). The minimum atomic E-state index is -0.879. The molecule has 0 bridgehead atoms. The molecule has 1 rings (SSSR count). The molecule has 0 amide bonds. The van der Waals surface area contributed by atoms with Gasteiger partial charge in [-0.15, -0.1) is 6.58 Å². The zero-order valence-corrected chi connectivity index (χ0v) is 10.9. The molecule has 1 aromatic carbocycles. The molecular formula is C15H22O3. The molecule has 0 fully saturated rings. The van der Waals surface area contributed by atoms with E-state index in [1.807, 2.05) is 0 Å². The fourth-order valence-corrected chi connectivity index (χ4v) is 1.30. The Morgan fingerprint density at radius 3 is 2.33 bits per heavy atom. The third kappa shape index (κ3) is 8.53. The Morgan fingerprint density at radius 1 is 1.33 bits per heavy atom. The number of aliphatic hydroxyl groups excluding tert-OH is 1. The van der Waals surface area contributed by atoms with E-state index >= 15 is 0 Å². The van der Waals surface area contributed by atoms with Gasteiger partial charge in [-0.05, 0) is 18.6 Å². The first-order chi connectivity index (χ1) is 8.61. The van der Waals surface area contributed by atoms with Crippen molar-refractivity contribution in [1.29, 1.82) is 0 Å². The van der Waals surface area contributed by atoms with Crippen LogP contribution in [-0.2, 0) is 0 Å². The highest BCUT2D eigenvalue weighted by molar-refractivity contribution is 5.87. The van der Waals surface area contributed by atoms with Gasteiger partial charge >= 0.3 is 5.97 Å². The van der Waals surface area contributed by atoms with Crippen LogP contribution in [-0.4, -0.2) is 22.3 Å². The predicted octanol–water partition coefficient (Wildman–Crippen LogP) is 3.50. The third-order valence-electron chi connectivity index (χ3n) is 2.40. The Labute approximate surface area is 109 Å². The molecule has 0 aliphatic carbocycles. The van der Waals surface area contributed by atoms with Crippen LogP contribution in [0.1, 0.15) is 43.0 Å². The number of aliphatic hydroxyl groups is 1. The first kappa shape index (κ1) is 16.4. The van der Waals surface area contributed by atoms with Gasteiger partial charge in [-0.3, -0.25) is 0 Å². The Kier molecular flexibility index (Phi) is 9.60. The van der Waals surface area contributed by atoms with Gasteiger partial charge in [0, 0.05) is 0 Å². The normalized spacial score (nSPS) is 11.0. The summed E-state index contributed by atoms with van der Waals surface area (Å²) in [5, 5.41) is 17.4. The van der Waals surface area contributed by atoms with Gasteiger partial charge < -0.3 is 10.2 Å². The number of hydrogen-bond acceptors (Lipinski definition) is 2. The van der Waals surface area contributed by atoms with Crippen LogP contribution in [0.3, 0.4) is 0 Å². The van der Waals surface area contributed by atoms with Crippen LogP contribution in [0, 0.1) is 0 Å². The highest BCUT2D eigenvalue weighted by atomic mass is 16.4. The zero-order chi connectivity index (χ0) is 13.8. The summed E-state index contributed by atoms with van der Waals surface area (Å²) in [5.74, 6) is -0.879. The van der Waals surface area contributed by atoms with Gasteiger partial charge in [0.2, 0.25) is 0 Å². The maximum absolute atomic E-state index is 10.2. The lowest BCUT2D eigenvalue weighted by Gasteiger charge is -2.01. The Hall–Kier alpha value is -1.61. The van der Waals surface area contributed by atoms with E-state index in [9.17, 15) is 4.79 Å². The summed E-state index contributed by atoms with van der Waals surface area (Å²) in [4.78, 5) is 10.2. The number of hydrogen-bond donors (Lipinski definition) is 2. The summed E-state index contributed by atoms with van der Waals surface area (Å²) in [6.45, 7) is 5.64. The first-order valence-electron chi connectivity index (χ1n) is 6.20. The number of aromatic carboxylic acids is 1. The molecule has 2 N–H and O–H groups in total. The molecule has 3 nitrogen and oxygen atoms in total. The lowest BCUT2D eigenvalue weighted by atomic mass is 10.1. The number of carboxylic acids is 1. The van der Waals surface area contributed by atoms with Crippen molar-refractivity contribution in [3.05, 3.63) is 48.6 Å². The fourth-order valence-electron chi connectivity index (χ4n) is 1.30. The molecule has 0 radical (unpaired) electrons. The van der Waals surface area contributed by atoms with Crippen molar-refractivity contribution in [3.8, 4) is 0 Å². The lowest BCUT2D eigenvalue weighted by molar-refractivity contribution is 0.0697. The quantitative estimate of drug-likeness (QED) is 0.600. The molecule has 18 heavy (non-hydrogen) atoms. The van der Waals surface area contributed by atoms with E-state index in [0.717, 1.165) is 12.8 Å². The second-order valence-electron chi connectivity index (χ2n) is 3.97. The van der Waals surface area contributed by atoms with Crippen LogP contribution < -0.4 is 0 Å². The number of carbonyl (C=O) groups is 1. The van der Waals surface area contributed by atoms with E-state index in [2.05, 4.69) is 13.5 Å². The SMILES string of the molecule is C=CC(O)CCCCC.O=C(O)c1ccccc1. The molecule has 0 aliphatic heterocycles. The summed E-state index contributed by atoms with van der Waals surface area (Å²) < 4.78 is 0. The van der Waals surface area contributed by atoms with Crippen LogP contribution in [0.25, 0.3) is 0 Å². The second kappa shape index (κ2) is 10.5. The lowest BCUT2D eigenvalue weighted by Crippen LogP contribution is -1.99. The van der Waals surface area contributed by atoms with Gasteiger partial charge in [0.25, 0.3) is 0 Å². The Balaban J connectivity index is 0.000000321. The zero-order valence-electron chi connectivity index (χ0n) is 10.9. The average molecular weight is 250 g/mol. The summed E-state index contributed by atoms with van der Waals surface area (Å²) in [7, 11) is 0. The number of carboxylic acid groups (broad SMARTS) is 1. The van der Waals surface area contributed by atoms with E-state index < -0.39 is 5.97 Å². The molecule has 0 aliphatic rings. The van der Waals surface area contributed by atoms with E-state index in [0.29, 0.717) is 5.56 Å². The largest absolute Gasteiger partial charge is 0.478 e. The van der Waals surface area contributed by atoms with Gasteiger partial charge in [0.1, 0.15) is 0 Å². The summed E-state index contributed by atoms with van der Waals surface area (Å²) in [6, 6.07) is 8.30. The van der Waals surface area contributed by atoms with Crippen LogP contribution in [0.15, 0.2) is 43.0 Å². The van der Waals surface area contributed by atoms with Crippen LogP contribution in [0.4, 0.5) is 0 Å². The van der Waals surface area contributed by atoms with E-state index in [4.69, 9.17) is 10.2 Å². The Bertz CT molecular complexity index is 333. The van der Waals surface area contributed by atoms with Crippen LogP contribution in [0.5, 0.6) is 0 Å². The van der Waals surface area contributed by atoms with Gasteiger partial charge in [-0.25, -0.2) is 4.79 Å². The molecule has 1 atom stereocenters. The molecule has 1 unspecified atom stereocenters. The molecular weight excluding hydrogens is 228 g/mol. The number of benzene rings is 1. The van der Waals surface area contributed by atoms with Crippen molar-refractivity contribution in [2.75, 3.05) is 0 Å². The third-order valence-corrected chi connectivity index (χ3v) is 2.40. The molecule has 0 aromatic heterocycles. The van der Waals surface area contributed by atoms with Crippen LogP contribution in [0.2, 0.25) is 0 Å². The van der Waals surface area contributed by atoms with Crippen molar-refractivity contribution < 1.29 is 15.0 Å². The summed E-state index contributed by atoms with van der Waals surface area (Å²) in [6.07, 6.45) is 5.72. The minimum absolute atomic E-state index is 0.281. The van der Waals surface area contributed by atoms with Crippen molar-refractivity contribution in [3.63, 3.8) is 0 Å². The van der Waals surface area contributed by atoms with E-state index in [1.165, 1.54) is 12.8 Å². The first-order valence-corrected chi connectivity index (χ1v) is 6.20. The topological polar surface area (TPSA) is 57.5 Å². The molecule has 0 heterocycles. The molecule has 3 heteroatoms. The summed E-state index contributed by atoms with van der Waals surface area (Å²) >= 11 is 0. The van der Waals surface area contributed by atoms with Crippen molar-refractivity contribution in [2.45, 2.75) is 38.7 Å². The molecule has 0 saturated carbocycles. The molecule has 0 spiro atoms. The monoisotopic (exact) mass is 250 g/mol.